The topological polar surface area (TPSA) is 97.8 Å². The van der Waals surface area contributed by atoms with Crippen LogP contribution < -0.4 is 5.32 Å². The van der Waals surface area contributed by atoms with E-state index in [0.29, 0.717) is 18.0 Å². The molecule has 0 aliphatic heterocycles. The Morgan fingerprint density at radius 1 is 1.47 bits per heavy atom. The molecular formula is C12H16N2O5. The van der Waals surface area contributed by atoms with Gasteiger partial charge in [0.2, 0.25) is 0 Å². The summed E-state index contributed by atoms with van der Waals surface area (Å²) in [4.78, 5) is 26.4. The van der Waals surface area contributed by atoms with Crippen molar-refractivity contribution in [1.29, 1.82) is 0 Å². The molecule has 1 aromatic heterocycles. The summed E-state index contributed by atoms with van der Waals surface area (Å²) in [6.07, 6.45) is 1.69. The van der Waals surface area contributed by atoms with E-state index in [4.69, 9.17) is 9.84 Å². The lowest BCUT2D eigenvalue weighted by molar-refractivity contribution is -0.138. The summed E-state index contributed by atoms with van der Waals surface area (Å²) >= 11 is 0. The summed E-state index contributed by atoms with van der Waals surface area (Å²) in [5.74, 6) is -1.22. The predicted octanol–water partition coefficient (Wildman–Crippen LogP) is 0.770. The average molecular weight is 268 g/mol. The van der Waals surface area contributed by atoms with Crippen molar-refractivity contribution in [2.24, 2.45) is 0 Å². The van der Waals surface area contributed by atoms with Gasteiger partial charge in [0, 0.05) is 26.3 Å². The molecule has 1 rings (SSSR count). The third kappa shape index (κ3) is 4.55. The van der Waals surface area contributed by atoms with Crippen molar-refractivity contribution < 1.29 is 24.2 Å². The Kier molecular flexibility index (Phi) is 5.74. The Morgan fingerprint density at radius 3 is 2.79 bits per heavy atom. The van der Waals surface area contributed by atoms with Gasteiger partial charge in [0.05, 0.1) is 12.7 Å². The molecule has 1 atom stereocenters. The molecule has 1 aromatic rings. The van der Waals surface area contributed by atoms with E-state index >= 15 is 0 Å². The Balaban J connectivity index is 2.78. The van der Waals surface area contributed by atoms with Crippen LogP contribution >= 0.6 is 0 Å². The number of ether oxygens (including phenoxy) is 2. The highest BCUT2D eigenvalue weighted by Gasteiger charge is 2.18. The van der Waals surface area contributed by atoms with Crippen LogP contribution in [-0.2, 0) is 14.3 Å². The highest BCUT2D eigenvalue weighted by Crippen LogP contribution is 2.10. The summed E-state index contributed by atoms with van der Waals surface area (Å²) in [6.45, 7) is 0.306. The molecule has 0 fully saturated rings. The van der Waals surface area contributed by atoms with Gasteiger partial charge >= 0.3 is 11.9 Å². The van der Waals surface area contributed by atoms with Crippen molar-refractivity contribution >= 4 is 17.8 Å². The van der Waals surface area contributed by atoms with Crippen LogP contribution in [0, 0.1) is 0 Å². The maximum Gasteiger partial charge on any atom is 0.338 e. The van der Waals surface area contributed by atoms with Crippen molar-refractivity contribution in [3.63, 3.8) is 0 Å². The van der Waals surface area contributed by atoms with Gasteiger partial charge in [-0.05, 0) is 12.1 Å². The number of nitrogens with one attached hydrogen (secondary N) is 1. The van der Waals surface area contributed by atoms with E-state index in [2.05, 4.69) is 15.0 Å². The number of carboxylic acid groups (broad SMARTS) is 1. The van der Waals surface area contributed by atoms with E-state index in [9.17, 15) is 9.59 Å². The summed E-state index contributed by atoms with van der Waals surface area (Å²) in [7, 11) is 2.77. The third-order valence-corrected chi connectivity index (χ3v) is 2.41. The first kappa shape index (κ1) is 14.9. The number of aliphatic carboxylic acids is 1. The summed E-state index contributed by atoms with van der Waals surface area (Å²) in [6, 6.07) is 2.09. The molecule has 0 amide bonds. The van der Waals surface area contributed by atoms with Crippen molar-refractivity contribution in [1.82, 2.24) is 4.98 Å². The van der Waals surface area contributed by atoms with Gasteiger partial charge in [-0.15, -0.1) is 0 Å². The maximum atomic E-state index is 11.3. The minimum Gasteiger partial charge on any atom is -0.480 e. The van der Waals surface area contributed by atoms with Crippen LogP contribution in [0.5, 0.6) is 0 Å². The molecule has 0 saturated heterocycles. The van der Waals surface area contributed by atoms with E-state index < -0.39 is 18.0 Å². The van der Waals surface area contributed by atoms with E-state index in [-0.39, 0.29) is 6.42 Å². The SMILES string of the molecule is COCCC(Nc1cc(C(=O)OC)ccn1)C(=O)O. The minimum atomic E-state index is -1.01. The van der Waals surface area contributed by atoms with Crippen LogP contribution in [0.2, 0.25) is 0 Å². The van der Waals surface area contributed by atoms with Gasteiger partial charge in [0.15, 0.2) is 0 Å². The molecule has 0 bridgehead atoms. The fourth-order valence-electron chi connectivity index (χ4n) is 1.43. The van der Waals surface area contributed by atoms with Gasteiger partial charge < -0.3 is 19.9 Å². The smallest absolute Gasteiger partial charge is 0.338 e. The monoisotopic (exact) mass is 268 g/mol. The predicted molar refractivity (Wildman–Crippen MR) is 67.1 cm³/mol. The lowest BCUT2D eigenvalue weighted by atomic mass is 10.2. The molecule has 7 nitrogen and oxygen atoms in total. The molecule has 0 aliphatic rings. The molecule has 1 heterocycles. The highest BCUT2D eigenvalue weighted by molar-refractivity contribution is 5.90. The lowest BCUT2D eigenvalue weighted by Crippen LogP contribution is -2.31. The second-order valence-corrected chi connectivity index (χ2v) is 3.74. The Bertz CT molecular complexity index is 450. The first-order valence-corrected chi connectivity index (χ1v) is 5.61. The van der Waals surface area contributed by atoms with E-state index in [1.165, 1.54) is 32.5 Å². The van der Waals surface area contributed by atoms with Gasteiger partial charge in [-0.1, -0.05) is 0 Å². The van der Waals surface area contributed by atoms with E-state index in [1.807, 2.05) is 0 Å². The quantitative estimate of drug-likeness (QED) is 0.705. The number of hydrogen-bond donors (Lipinski definition) is 2. The standard InChI is InChI=1S/C12H16N2O5/c1-18-6-4-9(11(15)16)14-10-7-8(3-5-13-10)12(17)19-2/h3,5,7,9H,4,6H2,1-2H3,(H,13,14)(H,15,16). The van der Waals surface area contributed by atoms with E-state index in [1.54, 1.807) is 0 Å². The van der Waals surface area contributed by atoms with E-state index in [0.717, 1.165) is 0 Å². The molecule has 7 heteroatoms. The van der Waals surface area contributed by atoms with Crippen LogP contribution in [0.3, 0.4) is 0 Å². The molecule has 104 valence electrons. The fourth-order valence-corrected chi connectivity index (χ4v) is 1.43. The number of carbonyl (C=O) groups is 2. The minimum absolute atomic E-state index is 0.288. The number of aromatic nitrogens is 1. The number of anilines is 1. The van der Waals surface area contributed by atoms with Gasteiger partial charge in [-0.2, -0.15) is 0 Å². The molecule has 0 spiro atoms. The Labute approximate surface area is 110 Å². The van der Waals surface area contributed by atoms with Crippen LogP contribution in [0.4, 0.5) is 5.82 Å². The Morgan fingerprint density at radius 2 is 2.21 bits per heavy atom. The summed E-state index contributed by atoms with van der Waals surface area (Å²) < 4.78 is 9.42. The molecule has 2 N–H and O–H groups in total. The number of carbonyl (C=O) groups excluding carboxylic acids is 1. The van der Waals surface area contributed by atoms with Gasteiger partial charge in [0.1, 0.15) is 11.9 Å². The van der Waals surface area contributed by atoms with Gasteiger partial charge in [0.25, 0.3) is 0 Å². The van der Waals surface area contributed by atoms with Crippen molar-refractivity contribution in [2.45, 2.75) is 12.5 Å². The normalized spacial score (nSPS) is 11.7. The number of esters is 1. The highest BCUT2D eigenvalue weighted by atomic mass is 16.5. The number of rotatable bonds is 7. The van der Waals surface area contributed by atoms with Crippen molar-refractivity contribution in [3.8, 4) is 0 Å². The van der Waals surface area contributed by atoms with Crippen LogP contribution in [0.1, 0.15) is 16.8 Å². The first-order chi connectivity index (χ1) is 9.08. The number of pyridine rings is 1. The zero-order chi connectivity index (χ0) is 14.3. The number of hydrogen-bond acceptors (Lipinski definition) is 6. The maximum absolute atomic E-state index is 11.3. The molecule has 0 aliphatic carbocycles. The number of nitrogens with zero attached hydrogens (tertiary/aromatic N) is 1. The number of carboxylic acids is 1. The molecule has 0 saturated carbocycles. The largest absolute Gasteiger partial charge is 0.480 e. The zero-order valence-corrected chi connectivity index (χ0v) is 10.8. The zero-order valence-electron chi connectivity index (χ0n) is 10.8. The molecule has 19 heavy (non-hydrogen) atoms. The summed E-state index contributed by atoms with van der Waals surface area (Å²) in [5.41, 5.74) is 0.302. The first-order valence-electron chi connectivity index (χ1n) is 5.61. The van der Waals surface area contributed by atoms with Crippen LogP contribution in [0.15, 0.2) is 18.3 Å². The van der Waals surface area contributed by atoms with Gasteiger partial charge in [-0.25, -0.2) is 14.6 Å². The van der Waals surface area contributed by atoms with Crippen LogP contribution in [-0.4, -0.2) is 48.9 Å². The summed E-state index contributed by atoms with van der Waals surface area (Å²) in [5, 5.41) is 11.8. The molecule has 0 aromatic carbocycles. The second kappa shape index (κ2) is 7.32. The van der Waals surface area contributed by atoms with Crippen molar-refractivity contribution in [3.05, 3.63) is 23.9 Å². The average Bonchev–Trinajstić information content (AvgIpc) is 2.42. The molecule has 0 radical (unpaired) electrons. The second-order valence-electron chi connectivity index (χ2n) is 3.74. The third-order valence-electron chi connectivity index (χ3n) is 2.41. The molecular weight excluding hydrogens is 252 g/mol. The fraction of sp³-hybridized carbons (Fsp3) is 0.417. The van der Waals surface area contributed by atoms with Gasteiger partial charge in [-0.3, -0.25) is 0 Å². The Hall–Kier alpha value is -2.15. The molecule has 1 unspecified atom stereocenters. The number of methoxy groups -OCH3 is 2. The van der Waals surface area contributed by atoms with Crippen LogP contribution in [0.25, 0.3) is 0 Å². The van der Waals surface area contributed by atoms with Crippen molar-refractivity contribution in [2.75, 3.05) is 26.1 Å². The lowest BCUT2D eigenvalue weighted by Gasteiger charge is -2.14.